The minimum atomic E-state index is 0.272. The lowest BCUT2D eigenvalue weighted by atomic mass is 9.89. The van der Waals surface area contributed by atoms with E-state index in [4.69, 9.17) is 5.73 Å². The van der Waals surface area contributed by atoms with Crippen molar-refractivity contribution in [2.45, 2.75) is 51.0 Å². The van der Waals surface area contributed by atoms with E-state index < -0.39 is 0 Å². The van der Waals surface area contributed by atoms with Crippen molar-refractivity contribution in [1.29, 1.82) is 0 Å². The topological polar surface area (TPSA) is 41.6 Å². The first-order chi connectivity index (χ1) is 7.18. The lowest BCUT2D eigenvalue weighted by Crippen LogP contribution is -2.48. The third-order valence-corrected chi connectivity index (χ3v) is 4.44. The summed E-state index contributed by atoms with van der Waals surface area (Å²) < 4.78 is 0. The Bertz CT molecular complexity index is 262. The maximum atomic E-state index is 5.88. The molecular weight excluding hydrogens is 186 g/mol. The van der Waals surface area contributed by atoms with Crippen molar-refractivity contribution in [3.63, 3.8) is 0 Å². The third kappa shape index (κ3) is 1.84. The van der Waals surface area contributed by atoms with Crippen LogP contribution in [0.15, 0.2) is 4.99 Å². The number of guanidine groups is 1. The van der Waals surface area contributed by atoms with Gasteiger partial charge in [-0.2, -0.15) is 0 Å². The largest absolute Gasteiger partial charge is 0.370 e. The molecule has 3 nitrogen and oxygen atoms in total. The van der Waals surface area contributed by atoms with Crippen molar-refractivity contribution >= 4 is 5.96 Å². The Balaban J connectivity index is 2.05. The molecule has 1 fully saturated rings. The van der Waals surface area contributed by atoms with Gasteiger partial charge in [0.1, 0.15) is 0 Å². The van der Waals surface area contributed by atoms with E-state index in [1.54, 1.807) is 0 Å². The predicted octanol–water partition coefficient (Wildman–Crippen LogP) is 1.98. The summed E-state index contributed by atoms with van der Waals surface area (Å²) in [6, 6.07) is 0. The molecule has 1 aliphatic heterocycles. The predicted molar refractivity (Wildman–Crippen MR) is 63.8 cm³/mol. The molecular formula is C12H23N3. The van der Waals surface area contributed by atoms with Gasteiger partial charge in [-0.25, -0.2) is 0 Å². The highest BCUT2D eigenvalue weighted by molar-refractivity contribution is 5.80. The molecule has 0 aromatic heterocycles. The normalized spacial score (nSPS) is 36.8. The third-order valence-electron chi connectivity index (χ3n) is 4.44. The number of nitrogens with zero attached hydrogens (tertiary/aromatic N) is 2. The number of nitrogens with two attached hydrogens (primary N) is 1. The van der Waals surface area contributed by atoms with E-state index in [0.717, 1.165) is 18.4 Å². The molecule has 1 heterocycles. The van der Waals surface area contributed by atoms with Gasteiger partial charge in [0.15, 0.2) is 5.96 Å². The summed E-state index contributed by atoms with van der Waals surface area (Å²) in [6.07, 6.45) is 7.95. The van der Waals surface area contributed by atoms with E-state index in [0.29, 0.717) is 0 Å². The van der Waals surface area contributed by atoms with E-state index >= 15 is 0 Å². The van der Waals surface area contributed by atoms with E-state index in [1.807, 2.05) is 0 Å². The van der Waals surface area contributed by atoms with E-state index in [9.17, 15) is 0 Å². The molecule has 1 spiro atoms. The molecule has 0 bridgehead atoms. The lowest BCUT2D eigenvalue weighted by Gasteiger charge is -2.36. The maximum Gasteiger partial charge on any atom is 0.191 e. The van der Waals surface area contributed by atoms with Crippen molar-refractivity contribution in [2.24, 2.45) is 16.6 Å². The molecule has 86 valence electrons. The summed E-state index contributed by atoms with van der Waals surface area (Å²) in [4.78, 5) is 6.63. The zero-order valence-corrected chi connectivity index (χ0v) is 10.00. The van der Waals surface area contributed by atoms with Gasteiger partial charge in [0, 0.05) is 7.05 Å². The molecule has 1 aliphatic carbocycles. The van der Waals surface area contributed by atoms with Gasteiger partial charge in [-0.3, -0.25) is 4.99 Å². The standard InChI is InChI=1S/C12H23N3/c1-3-10-5-4-7-12(8-6-10)9-14-11(13)15(12)2/h10H,3-9H2,1-2H3,(H2,13,14). The minimum Gasteiger partial charge on any atom is -0.370 e. The molecule has 0 aromatic rings. The fourth-order valence-electron chi connectivity index (χ4n) is 3.05. The van der Waals surface area contributed by atoms with Crippen LogP contribution in [-0.4, -0.2) is 30.0 Å². The highest BCUT2D eigenvalue weighted by Crippen LogP contribution is 2.37. The van der Waals surface area contributed by atoms with Crippen LogP contribution in [0.4, 0.5) is 0 Å². The van der Waals surface area contributed by atoms with E-state index in [1.165, 1.54) is 38.5 Å². The molecule has 2 rings (SSSR count). The Labute approximate surface area is 92.7 Å². The average molecular weight is 209 g/mol. The summed E-state index contributed by atoms with van der Waals surface area (Å²) in [5.41, 5.74) is 6.15. The number of rotatable bonds is 1. The summed E-state index contributed by atoms with van der Waals surface area (Å²) in [7, 11) is 2.11. The molecule has 3 heteroatoms. The molecule has 0 saturated heterocycles. The van der Waals surface area contributed by atoms with E-state index in [-0.39, 0.29) is 5.54 Å². The van der Waals surface area contributed by atoms with Gasteiger partial charge in [-0.05, 0) is 25.2 Å². The SMILES string of the molecule is CCC1CCCC2(CC1)CN=C(N)N2C. The summed E-state index contributed by atoms with van der Waals surface area (Å²) in [5.74, 6) is 1.67. The van der Waals surface area contributed by atoms with Crippen LogP contribution < -0.4 is 5.73 Å². The Morgan fingerprint density at radius 2 is 2.27 bits per heavy atom. The fraction of sp³-hybridized carbons (Fsp3) is 0.917. The molecule has 15 heavy (non-hydrogen) atoms. The number of aliphatic imine (C=N–C) groups is 1. The van der Waals surface area contributed by atoms with Gasteiger partial charge in [-0.15, -0.1) is 0 Å². The maximum absolute atomic E-state index is 5.88. The van der Waals surface area contributed by atoms with Crippen molar-refractivity contribution in [3.8, 4) is 0 Å². The van der Waals surface area contributed by atoms with Crippen molar-refractivity contribution in [2.75, 3.05) is 13.6 Å². The second kappa shape index (κ2) is 4.03. The molecule has 2 aliphatic rings. The Kier molecular flexibility index (Phi) is 2.89. The highest BCUT2D eigenvalue weighted by Gasteiger charge is 2.40. The molecule has 1 saturated carbocycles. The molecule has 0 aromatic carbocycles. The molecule has 2 N–H and O–H groups in total. The quantitative estimate of drug-likeness (QED) is 0.717. The van der Waals surface area contributed by atoms with Crippen molar-refractivity contribution in [1.82, 2.24) is 4.90 Å². The Hall–Kier alpha value is -0.730. The van der Waals surface area contributed by atoms with Crippen molar-refractivity contribution < 1.29 is 0 Å². The molecule has 2 unspecified atom stereocenters. The van der Waals surface area contributed by atoms with Gasteiger partial charge in [0.25, 0.3) is 0 Å². The van der Waals surface area contributed by atoms with Crippen LogP contribution in [0.3, 0.4) is 0 Å². The van der Waals surface area contributed by atoms with Crippen LogP contribution in [0, 0.1) is 5.92 Å². The summed E-state index contributed by atoms with van der Waals surface area (Å²) in [6.45, 7) is 3.23. The number of hydrogen-bond acceptors (Lipinski definition) is 3. The molecule has 0 amide bonds. The van der Waals surface area contributed by atoms with Crippen LogP contribution in [0.5, 0.6) is 0 Å². The average Bonchev–Trinajstić information content (AvgIpc) is 2.46. The first-order valence-corrected chi connectivity index (χ1v) is 6.22. The minimum absolute atomic E-state index is 0.272. The zero-order chi connectivity index (χ0) is 10.9. The lowest BCUT2D eigenvalue weighted by molar-refractivity contribution is 0.203. The van der Waals surface area contributed by atoms with Crippen molar-refractivity contribution in [3.05, 3.63) is 0 Å². The van der Waals surface area contributed by atoms with Gasteiger partial charge in [0.05, 0.1) is 12.1 Å². The van der Waals surface area contributed by atoms with Gasteiger partial charge in [-0.1, -0.05) is 26.2 Å². The molecule has 2 atom stereocenters. The first-order valence-electron chi connectivity index (χ1n) is 6.22. The first kappa shape index (κ1) is 10.8. The fourth-order valence-corrected chi connectivity index (χ4v) is 3.05. The highest BCUT2D eigenvalue weighted by atomic mass is 15.3. The van der Waals surface area contributed by atoms with Gasteiger partial charge < -0.3 is 10.6 Å². The monoisotopic (exact) mass is 209 g/mol. The van der Waals surface area contributed by atoms with Crippen LogP contribution in [0.2, 0.25) is 0 Å². The number of likely N-dealkylation sites (N-methyl/N-ethyl adjacent to an activating group) is 1. The van der Waals surface area contributed by atoms with Crippen LogP contribution >= 0.6 is 0 Å². The molecule has 0 radical (unpaired) electrons. The second-order valence-electron chi connectivity index (χ2n) is 5.16. The van der Waals surface area contributed by atoms with E-state index in [2.05, 4.69) is 23.9 Å². The summed E-state index contributed by atoms with van der Waals surface area (Å²) in [5, 5.41) is 0. The van der Waals surface area contributed by atoms with Crippen LogP contribution in [-0.2, 0) is 0 Å². The van der Waals surface area contributed by atoms with Crippen LogP contribution in [0.25, 0.3) is 0 Å². The Morgan fingerprint density at radius 1 is 1.47 bits per heavy atom. The van der Waals surface area contributed by atoms with Gasteiger partial charge >= 0.3 is 0 Å². The summed E-state index contributed by atoms with van der Waals surface area (Å²) >= 11 is 0. The number of hydrogen-bond donors (Lipinski definition) is 1. The second-order valence-corrected chi connectivity index (χ2v) is 5.16. The van der Waals surface area contributed by atoms with Crippen LogP contribution in [0.1, 0.15) is 45.4 Å². The zero-order valence-electron chi connectivity index (χ0n) is 10.00. The Morgan fingerprint density at radius 3 is 2.87 bits per heavy atom. The van der Waals surface area contributed by atoms with Gasteiger partial charge in [0.2, 0.25) is 0 Å². The smallest absolute Gasteiger partial charge is 0.191 e.